The average molecular weight is 288 g/mol. The van der Waals surface area contributed by atoms with E-state index < -0.39 is 0 Å². The summed E-state index contributed by atoms with van der Waals surface area (Å²) in [6.07, 6.45) is 0. The van der Waals surface area contributed by atoms with Gasteiger partial charge >= 0.3 is 0 Å². The van der Waals surface area contributed by atoms with Gasteiger partial charge in [-0.25, -0.2) is 0 Å². The number of nitrogens with one attached hydrogen (secondary N) is 1. The van der Waals surface area contributed by atoms with E-state index >= 15 is 0 Å². The Morgan fingerprint density at radius 1 is 1.56 bits per heavy atom. The number of aliphatic hydroxyl groups is 1. The van der Waals surface area contributed by atoms with Crippen LogP contribution in [0.25, 0.3) is 0 Å². The summed E-state index contributed by atoms with van der Waals surface area (Å²) in [6.45, 7) is 2.50. The van der Waals surface area contributed by atoms with Crippen molar-refractivity contribution in [2.45, 2.75) is 12.7 Å². The molecule has 0 saturated carbocycles. The molecule has 0 bridgehead atoms. The summed E-state index contributed by atoms with van der Waals surface area (Å²) in [5.74, 6) is 1.29. The van der Waals surface area contributed by atoms with Gasteiger partial charge in [-0.05, 0) is 23.6 Å². The second-order valence-corrected chi connectivity index (χ2v) is 5.64. The van der Waals surface area contributed by atoms with Gasteiger partial charge in [0.25, 0.3) is 0 Å². The number of halogens is 1. The molecule has 0 aliphatic rings. The molecule has 18 heavy (non-hydrogen) atoms. The minimum absolute atomic E-state index is 0.00216. The van der Waals surface area contributed by atoms with Crippen LogP contribution in [0, 0.1) is 5.92 Å². The number of aliphatic hydroxyl groups excluding tert-OH is 1. The maximum Gasteiger partial charge on any atom is 0.230 e. The minimum atomic E-state index is 0.00216. The van der Waals surface area contributed by atoms with Gasteiger partial charge < -0.3 is 10.4 Å². The summed E-state index contributed by atoms with van der Waals surface area (Å²) < 4.78 is 0. The van der Waals surface area contributed by atoms with Gasteiger partial charge in [-0.3, -0.25) is 4.79 Å². The SMILES string of the molecule is CC(CO)CNC(=O)CSCc1cccc(Cl)c1. The van der Waals surface area contributed by atoms with Gasteiger partial charge in [-0.15, -0.1) is 11.8 Å². The summed E-state index contributed by atoms with van der Waals surface area (Å²) in [5, 5.41) is 12.3. The molecule has 1 amide bonds. The van der Waals surface area contributed by atoms with Gasteiger partial charge in [0.2, 0.25) is 5.91 Å². The lowest BCUT2D eigenvalue weighted by Gasteiger charge is -2.09. The number of thioether (sulfide) groups is 1. The molecule has 0 aliphatic heterocycles. The number of carbonyl (C=O) groups excluding carboxylic acids is 1. The van der Waals surface area contributed by atoms with Crippen molar-refractivity contribution in [3.8, 4) is 0 Å². The van der Waals surface area contributed by atoms with Crippen molar-refractivity contribution < 1.29 is 9.90 Å². The second-order valence-electron chi connectivity index (χ2n) is 4.21. The second kappa shape index (κ2) is 8.40. The van der Waals surface area contributed by atoms with Crippen LogP contribution in [-0.4, -0.2) is 29.9 Å². The van der Waals surface area contributed by atoms with Gasteiger partial charge in [0.15, 0.2) is 0 Å². The zero-order valence-electron chi connectivity index (χ0n) is 10.4. The van der Waals surface area contributed by atoms with Crippen molar-refractivity contribution in [3.05, 3.63) is 34.9 Å². The molecule has 1 unspecified atom stereocenters. The maximum atomic E-state index is 11.5. The van der Waals surface area contributed by atoms with Crippen molar-refractivity contribution in [2.24, 2.45) is 5.92 Å². The summed E-state index contributed by atoms with van der Waals surface area (Å²) in [4.78, 5) is 11.5. The Hall–Kier alpha value is -0.710. The average Bonchev–Trinajstić information content (AvgIpc) is 2.36. The molecule has 5 heteroatoms. The Kier molecular flexibility index (Phi) is 7.16. The summed E-state index contributed by atoms with van der Waals surface area (Å²) in [5.41, 5.74) is 1.11. The topological polar surface area (TPSA) is 49.3 Å². The van der Waals surface area contributed by atoms with Crippen LogP contribution in [0.2, 0.25) is 5.02 Å². The fraction of sp³-hybridized carbons (Fsp3) is 0.462. The highest BCUT2D eigenvalue weighted by atomic mass is 35.5. The van der Waals surface area contributed by atoms with Crippen LogP contribution in [0.5, 0.6) is 0 Å². The number of carbonyl (C=O) groups is 1. The van der Waals surface area contributed by atoms with Gasteiger partial charge in [0.1, 0.15) is 0 Å². The van der Waals surface area contributed by atoms with E-state index in [4.69, 9.17) is 16.7 Å². The first-order valence-electron chi connectivity index (χ1n) is 5.81. The molecule has 0 aliphatic carbocycles. The van der Waals surface area contributed by atoms with Crippen LogP contribution in [0.4, 0.5) is 0 Å². The summed E-state index contributed by atoms with van der Waals surface area (Å²) in [7, 11) is 0. The van der Waals surface area contributed by atoms with Crippen LogP contribution in [0.1, 0.15) is 12.5 Å². The van der Waals surface area contributed by atoms with Crippen LogP contribution in [-0.2, 0) is 10.5 Å². The highest BCUT2D eigenvalue weighted by molar-refractivity contribution is 7.99. The lowest BCUT2D eigenvalue weighted by atomic mass is 10.2. The van der Waals surface area contributed by atoms with E-state index in [0.29, 0.717) is 17.3 Å². The lowest BCUT2D eigenvalue weighted by molar-refractivity contribution is -0.118. The molecule has 2 N–H and O–H groups in total. The summed E-state index contributed by atoms with van der Waals surface area (Å²) in [6, 6.07) is 7.63. The van der Waals surface area contributed by atoms with Gasteiger partial charge in [0.05, 0.1) is 5.75 Å². The highest BCUT2D eigenvalue weighted by Crippen LogP contribution is 2.16. The molecule has 0 saturated heterocycles. The molecule has 0 spiro atoms. The first-order valence-corrected chi connectivity index (χ1v) is 7.35. The zero-order valence-corrected chi connectivity index (χ0v) is 11.9. The van der Waals surface area contributed by atoms with Crippen molar-refractivity contribution in [2.75, 3.05) is 18.9 Å². The third-order valence-corrected chi connectivity index (χ3v) is 3.59. The number of rotatable bonds is 7. The Bertz CT molecular complexity index is 387. The fourth-order valence-electron chi connectivity index (χ4n) is 1.29. The van der Waals surface area contributed by atoms with Gasteiger partial charge in [0, 0.05) is 23.9 Å². The molecule has 1 atom stereocenters. The molecular formula is C13H18ClNO2S. The van der Waals surface area contributed by atoms with E-state index in [2.05, 4.69) is 5.32 Å². The van der Waals surface area contributed by atoms with Crippen molar-refractivity contribution in [1.82, 2.24) is 5.32 Å². The van der Waals surface area contributed by atoms with Crippen molar-refractivity contribution in [3.63, 3.8) is 0 Å². The Morgan fingerprint density at radius 2 is 2.33 bits per heavy atom. The molecule has 0 heterocycles. The van der Waals surface area contributed by atoms with E-state index in [1.165, 1.54) is 0 Å². The Morgan fingerprint density at radius 3 is 3.00 bits per heavy atom. The fourth-order valence-corrected chi connectivity index (χ4v) is 2.31. The monoisotopic (exact) mass is 287 g/mol. The smallest absolute Gasteiger partial charge is 0.230 e. The van der Waals surface area contributed by atoms with Gasteiger partial charge in [-0.2, -0.15) is 0 Å². The van der Waals surface area contributed by atoms with E-state index in [0.717, 1.165) is 11.3 Å². The molecule has 1 aromatic carbocycles. The molecule has 0 radical (unpaired) electrons. The van der Waals surface area contributed by atoms with Crippen molar-refractivity contribution >= 4 is 29.3 Å². The largest absolute Gasteiger partial charge is 0.396 e. The Balaban J connectivity index is 2.19. The Labute approximate surface area is 117 Å². The van der Waals surface area contributed by atoms with Crippen LogP contribution in [0.15, 0.2) is 24.3 Å². The number of hydrogen-bond acceptors (Lipinski definition) is 3. The predicted molar refractivity (Wildman–Crippen MR) is 76.9 cm³/mol. The standard InChI is InChI=1S/C13H18ClNO2S/c1-10(7-16)6-15-13(17)9-18-8-11-3-2-4-12(14)5-11/h2-5,10,16H,6-9H2,1H3,(H,15,17). The molecule has 1 rings (SSSR count). The minimum Gasteiger partial charge on any atom is -0.396 e. The number of amides is 1. The van der Waals surface area contributed by atoms with Crippen LogP contribution < -0.4 is 5.32 Å². The number of benzene rings is 1. The zero-order chi connectivity index (χ0) is 13.4. The van der Waals surface area contributed by atoms with Gasteiger partial charge in [-0.1, -0.05) is 30.7 Å². The quantitative estimate of drug-likeness (QED) is 0.809. The normalized spacial score (nSPS) is 12.2. The number of hydrogen-bond donors (Lipinski definition) is 2. The molecule has 3 nitrogen and oxygen atoms in total. The molecule has 1 aromatic rings. The third kappa shape index (κ3) is 6.28. The first kappa shape index (κ1) is 15.3. The highest BCUT2D eigenvalue weighted by Gasteiger charge is 2.05. The van der Waals surface area contributed by atoms with Crippen LogP contribution >= 0.6 is 23.4 Å². The molecule has 0 fully saturated rings. The molecule has 0 aromatic heterocycles. The summed E-state index contributed by atoms with van der Waals surface area (Å²) >= 11 is 7.42. The molecular weight excluding hydrogens is 270 g/mol. The predicted octanol–water partition coefficient (Wildman–Crippen LogP) is 2.32. The first-order chi connectivity index (χ1) is 8.61. The maximum absolute atomic E-state index is 11.5. The lowest BCUT2D eigenvalue weighted by Crippen LogP contribution is -2.30. The van der Waals surface area contributed by atoms with E-state index in [1.807, 2.05) is 31.2 Å². The van der Waals surface area contributed by atoms with E-state index in [9.17, 15) is 4.79 Å². The van der Waals surface area contributed by atoms with E-state index in [1.54, 1.807) is 11.8 Å². The molecule has 100 valence electrons. The van der Waals surface area contributed by atoms with E-state index in [-0.39, 0.29) is 18.4 Å². The van der Waals surface area contributed by atoms with Crippen LogP contribution in [0.3, 0.4) is 0 Å². The van der Waals surface area contributed by atoms with Crippen molar-refractivity contribution in [1.29, 1.82) is 0 Å². The third-order valence-electron chi connectivity index (χ3n) is 2.35.